The number of rotatable bonds is 5. The lowest BCUT2D eigenvalue weighted by molar-refractivity contribution is -0.123. The molecule has 1 atom stereocenters. The van der Waals surface area contributed by atoms with Gasteiger partial charge in [0.25, 0.3) is 5.91 Å². The quantitative estimate of drug-likeness (QED) is 0.585. The van der Waals surface area contributed by atoms with Gasteiger partial charge in [-0.05, 0) is 35.4 Å². The monoisotopic (exact) mass is 357 g/mol. The third-order valence-electron chi connectivity index (χ3n) is 4.53. The number of carbonyl (C=O) groups is 1. The van der Waals surface area contributed by atoms with Crippen molar-refractivity contribution in [2.75, 3.05) is 6.61 Å². The SMILES string of the molecule is C[C@H](NC(=O)COc1nncc2ccccc12)c1ccc2ccccc2c1. The number of benzene rings is 3. The van der Waals surface area contributed by atoms with E-state index in [1.165, 1.54) is 5.39 Å². The molecule has 0 spiro atoms. The van der Waals surface area contributed by atoms with Crippen molar-refractivity contribution in [3.8, 4) is 5.88 Å². The molecule has 0 saturated carbocycles. The third-order valence-corrected chi connectivity index (χ3v) is 4.53. The Morgan fingerprint density at radius 1 is 1.00 bits per heavy atom. The molecule has 1 N–H and O–H groups in total. The molecular formula is C22H19N3O2. The molecule has 3 aromatic carbocycles. The summed E-state index contributed by atoms with van der Waals surface area (Å²) in [5, 5.41) is 15.0. The average Bonchev–Trinajstić information content (AvgIpc) is 2.71. The lowest BCUT2D eigenvalue weighted by Crippen LogP contribution is -2.31. The van der Waals surface area contributed by atoms with Crippen molar-refractivity contribution in [2.24, 2.45) is 0 Å². The highest BCUT2D eigenvalue weighted by atomic mass is 16.5. The predicted octanol–water partition coefficient (Wildman–Crippen LogP) is 4.04. The minimum absolute atomic E-state index is 0.111. The first-order chi connectivity index (χ1) is 13.2. The van der Waals surface area contributed by atoms with E-state index in [1.54, 1.807) is 6.20 Å². The normalized spacial score (nSPS) is 12.0. The second kappa shape index (κ2) is 7.41. The van der Waals surface area contributed by atoms with Crippen LogP contribution in [0.15, 0.2) is 72.9 Å². The lowest BCUT2D eigenvalue weighted by Gasteiger charge is -2.15. The first kappa shape index (κ1) is 17.0. The maximum Gasteiger partial charge on any atom is 0.258 e. The number of nitrogens with zero attached hydrogens (tertiary/aromatic N) is 2. The van der Waals surface area contributed by atoms with Crippen molar-refractivity contribution >= 4 is 27.5 Å². The van der Waals surface area contributed by atoms with Crippen molar-refractivity contribution in [1.29, 1.82) is 0 Å². The highest BCUT2D eigenvalue weighted by Gasteiger charge is 2.12. The van der Waals surface area contributed by atoms with Crippen molar-refractivity contribution in [1.82, 2.24) is 15.5 Å². The van der Waals surface area contributed by atoms with Crippen LogP contribution in [0.4, 0.5) is 0 Å². The van der Waals surface area contributed by atoms with Crippen LogP contribution in [0.5, 0.6) is 5.88 Å². The molecule has 0 aliphatic carbocycles. The van der Waals surface area contributed by atoms with Crippen LogP contribution in [0.25, 0.3) is 21.5 Å². The van der Waals surface area contributed by atoms with Gasteiger partial charge in [0.05, 0.1) is 12.2 Å². The van der Waals surface area contributed by atoms with Crippen LogP contribution in [-0.2, 0) is 4.79 Å². The van der Waals surface area contributed by atoms with Gasteiger partial charge in [-0.25, -0.2) is 0 Å². The number of hydrogen-bond acceptors (Lipinski definition) is 4. The van der Waals surface area contributed by atoms with Gasteiger partial charge in [0, 0.05) is 10.8 Å². The average molecular weight is 357 g/mol. The molecule has 1 heterocycles. The molecule has 0 unspecified atom stereocenters. The van der Waals surface area contributed by atoms with Crippen molar-refractivity contribution in [2.45, 2.75) is 13.0 Å². The van der Waals surface area contributed by atoms with Gasteiger partial charge >= 0.3 is 0 Å². The van der Waals surface area contributed by atoms with E-state index in [1.807, 2.05) is 49.4 Å². The second-order valence-electron chi connectivity index (χ2n) is 6.42. The Kier molecular flexibility index (Phi) is 4.66. The minimum Gasteiger partial charge on any atom is -0.466 e. The largest absolute Gasteiger partial charge is 0.466 e. The molecule has 0 radical (unpaired) electrons. The van der Waals surface area contributed by atoms with Crippen LogP contribution in [0, 0.1) is 0 Å². The lowest BCUT2D eigenvalue weighted by atomic mass is 10.0. The van der Waals surface area contributed by atoms with Crippen LogP contribution < -0.4 is 10.1 Å². The highest BCUT2D eigenvalue weighted by Crippen LogP contribution is 2.22. The summed E-state index contributed by atoms with van der Waals surface area (Å²) in [4.78, 5) is 12.3. The van der Waals surface area contributed by atoms with E-state index < -0.39 is 0 Å². The van der Waals surface area contributed by atoms with Gasteiger partial charge in [-0.3, -0.25) is 4.79 Å². The summed E-state index contributed by atoms with van der Waals surface area (Å²) in [6.45, 7) is 1.85. The molecule has 0 saturated heterocycles. The molecule has 0 fully saturated rings. The molecule has 1 amide bonds. The molecular weight excluding hydrogens is 338 g/mol. The molecule has 5 heteroatoms. The van der Waals surface area contributed by atoms with Gasteiger partial charge < -0.3 is 10.1 Å². The Hall–Kier alpha value is -3.47. The van der Waals surface area contributed by atoms with Crippen LogP contribution in [-0.4, -0.2) is 22.7 Å². The maximum absolute atomic E-state index is 12.3. The summed E-state index contributed by atoms with van der Waals surface area (Å²) in [6.07, 6.45) is 1.67. The van der Waals surface area contributed by atoms with E-state index in [4.69, 9.17) is 4.74 Å². The second-order valence-corrected chi connectivity index (χ2v) is 6.42. The molecule has 4 aromatic rings. The Morgan fingerprint density at radius 2 is 1.74 bits per heavy atom. The fourth-order valence-corrected chi connectivity index (χ4v) is 3.09. The molecule has 27 heavy (non-hydrogen) atoms. The van der Waals surface area contributed by atoms with Gasteiger partial charge in [0.1, 0.15) is 0 Å². The fourth-order valence-electron chi connectivity index (χ4n) is 3.09. The van der Waals surface area contributed by atoms with Crippen LogP contribution in [0.2, 0.25) is 0 Å². The van der Waals surface area contributed by atoms with Crippen molar-refractivity contribution < 1.29 is 9.53 Å². The summed E-state index contributed by atoms with van der Waals surface area (Å²) in [6, 6.07) is 21.9. The van der Waals surface area contributed by atoms with E-state index in [2.05, 4.69) is 39.8 Å². The molecule has 4 rings (SSSR count). The number of fused-ring (bicyclic) bond motifs is 2. The molecule has 0 aliphatic rings. The van der Waals surface area contributed by atoms with E-state index >= 15 is 0 Å². The summed E-state index contributed by atoms with van der Waals surface area (Å²) < 4.78 is 5.60. The van der Waals surface area contributed by atoms with E-state index in [0.717, 1.165) is 21.7 Å². The predicted molar refractivity (Wildman–Crippen MR) is 106 cm³/mol. The maximum atomic E-state index is 12.3. The highest BCUT2D eigenvalue weighted by molar-refractivity contribution is 5.86. The number of amides is 1. The van der Waals surface area contributed by atoms with Gasteiger partial charge in [0.15, 0.2) is 6.61 Å². The Balaban J connectivity index is 1.42. The standard InChI is InChI=1S/C22H19N3O2/c1-15(17-11-10-16-6-2-3-7-18(16)12-17)24-21(26)14-27-22-20-9-5-4-8-19(20)13-23-25-22/h2-13,15H,14H2,1H3,(H,24,26)/t15-/m0/s1. The zero-order valence-corrected chi connectivity index (χ0v) is 14.9. The summed E-state index contributed by atoms with van der Waals surface area (Å²) in [5.41, 5.74) is 1.05. The number of hydrogen-bond donors (Lipinski definition) is 1. The number of carbonyl (C=O) groups excluding carboxylic acids is 1. The van der Waals surface area contributed by atoms with E-state index in [9.17, 15) is 4.79 Å². The molecule has 5 nitrogen and oxygen atoms in total. The first-order valence-electron chi connectivity index (χ1n) is 8.82. The molecule has 0 aliphatic heterocycles. The van der Waals surface area contributed by atoms with Gasteiger partial charge in [-0.1, -0.05) is 54.6 Å². The third kappa shape index (κ3) is 3.72. The van der Waals surface area contributed by atoms with Crippen LogP contribution in [0.3, 0.4) is 0 Å². The minimum atomic E-state index is -0.203. The van der Waals surface area contributed by atoms with Crippen LogP contribution >= 0.6 is 0 Å². The number of aromatic nitrogens is 2. The van der Waals surface area contributed by atoms with Gasteiger partial charge in [0.2, 0.25) is 5.88 Å². The molecule has 134 valence electrons. The van der Waals surface area contributed by atoms with Crippen molar-refractivity contribution in [3.63, 3.8) is 0 Å². The summed E-state index contributed by atoms with van der Waals surface area (Å²) in [7, 11) is 0. The molecule has 1 aromatic heterocycles. The smallest absolute Gasteiger partial charge is 0.258 e. The van der Waals surface area contributed by atoms with E-state index in [-0.39, 0.29) is 18.6 Å². The zero-order chi connectivity index (χ0) is 18.6. The first-order valence-corrected chi connectivity index (χ1v) is 8.82. The van der Waals surface area contributed by atoms with Crippen molar-refractivity contribution in [3.05, 3.63) is 78.5 Å². The van der Waals surface area contributed by atoms with Gasteiger partial charge in [-0.15, -0.1) is 5.10 Å². The summed E-state index contributed by atoms with van der Waals surface area (Å²) >= 11 is 0. The summed E-state index contributed by atoms with van der Waals surface area (Å²) in [5.74, 6) is 0.159. The number of ether oxygens (including phenoxy) is 1. The molecule has 0 bridgehead atoms. The van der Waals surface area contributed by atoms with E-state index in [0.29, 0.717) is 5.88 Å². The van der Waals surface area contributed by atoms with Crippen LogP contribution in [0.1, 0.15) is 18.5 Å². The topological polar surface area (TPSA) is 64.1 Å². The Bertz CT molecular complexity index is 1110. The Morgan fingerprint density at radius 3 is 2.59 bits per heavy atom. The Labute approximate surface area is 157 Å². The fraction of sp³-hybridized carbons (Fsp3) is 0.136. The zero-order valence-electron chi connectivity index (χ0n) is 14.9. The number of nitrogens with one attached hydrogen (secondary N) is 1. The van der Waals surface area contributed by atoms with Gasteiger partial charge in [-0.2, -0.15) is 5.10 Å².